The number of nitrogens with zero attached hydrogens (tertiary/aromatic N) is 1. The molecule has 1 aliphatic heterocycles. The first-order chi connectivity index (χ1) is 23.3. The molecule has 8 nitrogen and oxygen atoms in total. The molecular weight excluding hydrogens is 695 g/mol. The number of ether oxygens (including phenoxy) is 1. The molecule has 0 radical (unpaired) electrons. The highest BCUT2D eigenvalue weighted by Gasteiger charge is 2.36. The number of likely N-dealkylation sites (tertiary alicyclic amines) is 1. The van der Waals surface area contributed by atoms with Crippen LogP contribution in [0.15, 0.2) is 54.6 Å². The van der Waals surface area contributed by atoms with Crippen LogP contribution < -0.4 is 15.4 Å². The molecular formula is C34H30F7N3O5S. The summed E-state index contributed by atoms with van der Waals surface area (Å²) >= 11 is 0.560. The molecule has 266 valence electrons. The number of benzene rings is 3. The number of methoxy groups -OCH3 is 1. The number of halogens is 7. The van der Waals surface area contributed by atoms with Gasteiger partial charge in [0.25, 0.3) is 17.7 Å². The van der Waals surface area contributed by atoms with Crippen molar-refractivity contribution >= 4 is 50.5 Å². The molecule has 1 unspecified atom stereocenters. The monoisotopic (exact) mass is 725 g/mol. The molecule has 0 spiro atoms. The Morgan fingerprint density at radius 1 is 0.920 bits per heavy atom. The maximum atomic E-state index is 13.9. The van der Waals surface area contributed by atoms with Gasteiger partial charge in [-0.05, 0) is 74.7 Å². The largest absolute Gasteiger partial charge is 0.496 e. The third kappa shape index (κ3) is 7.70. The van der Waals surface area contributed by atoms with Gasteiger partial charge in [-0.3, -0.25) is 14.4 Å². The van der Waals surface area contributed by atoms with E-state index in [0.717, 1.165) is 24.3 Å². The molecule has 0 saturated carbocycles. The van der Waals surface area contributed by atoms with Crippen molar-refractivity contribution in [3.05, 3.63) is 87.5 Å². The maximum absolute atomic E-state index is 13.9. The van der Waals surface area contributed by atoms with Crippen LogP contribution in [-0.2, 0) is 17.1 Å². The van der Waals surface area contributed by atoms with Crippen molar-refractivity contribution in [1.29, 1.82) is 0 Å². The molecule has 4 aromatic rings. The van der Waals surface area contributed by atoms with Gasteiger partial charge >= 0.3 is 12.4 Å². The van der Waals surface area contributed by atoms with Gasteiger partial charge in [-0.25, -0.2) is 4.39 Å². The fourth-order valence-corrected chi connectivity index (χ4v) is 6.82. The van der Waals surface area contributed by atoms with E-state index in [0.29, 0.717) is 48.4 Å². The van der Waals surface area contributed by atoms with E-state index in [1.54, 1.807) is 6.07 Å². The topological polar surface area (TPSA) is 108 Å². The third-order valence-electron chi connectivity index (χ3n) is 8.16. The number of piperidine rings is 1. The zero-order chi connectivity index (χ0) is 36.8. The zero-order valence-electron chi connectivity index (χ0n) is 26.7. The molecule has 3 aromatic carbocycles. The first kappa shape index (κ1) is 36.6. The van der Waals surface area contributed by atoms with Crippen LogP contribution in [0.1, 0.15) is 69.3 Å². The van der Waals surface area contributed by atoms with Crippen LogP contribution in [0.4, 0.5) is 42.1 Å². The number of rotatable bonds is 7. The number of anilines is 2. The van der Waals surface area contributed by atoms with Gasteiger partial charge in [0.15, 0.2) is 0 Å². The lowest BCUT2D eigenvalue weighted by molar-refractivity contribution is -0.149. The second kappa shape index (κ2) is 13.5. The minimum absolute atomic E-state index is 0.0121. The molecule has 2 heterocycles. The zero-order valence-corrected chi connectivity index (χ0v) is 27.5. The Bertz CT molecular complexity index is 1970. The number of thiophene rings is 1. The molecule has 50 heavy (non-hydrogen) atoms. The fraction of sp³-hybridized carbons (Fsp3) is 0.324. The van der Waals surface area contributed by atoms with E-state index < -0.39 is 58.3 Å². The molecule has 1 fully saturated rings. The Morgan fingerprint density at radius 3 is 2.28 bits per heavy atom. The number of hydrogen-bond acceptors (Lipinski definition) is 6. The number of nitrogens with one attached hydrogen (secondary N) is 2. The molecule has 3 amide bonds. The van der Waals surface area contributed by atoms with Crippen LogP contribution in [0.2, 0.25) is 0 Å². The third-order valence-corrected chi connectivity index (χ3v) is 9.31. The van der Waals surface area contributed by atoms with E-state index in [-0.39, 0.29) is 44.4 Å². The first-order valence-electron chi connectivity index (χ1n) is 15.1. The lowest BCUT2D eigenvalue weighted by atomic mass is 9.88. The molecule has 0 bridgehead atoms. The second-order valence-corrected chi connectivity index (χ2v) is 13.3. The predicted octanol–water partition coefficient (Wildman–Crippen LogP) is 8.07. The average molecular weight is 726 g/mol. The summed E-state index contributed by atoms with van der Waals surface area (Å²) in [6, 6.07) is 9.13. The molecule has 1 aliphatic rings. The van der Waals surface area contributed by atoms with Gasteiger partial charge in [-0.15, -0.1) is 11.3 Å². The Balaban J connectivity index is 1.51. The van der Waals surface area contributed by atoms with Crippen molar-refractivity contribution in [2.75, 3.05) is 30.8 Å². The number of hydrogen-bond donors (Lipinski definition) is 3. The van der Waals surface area contributed by atoms with Crippen LogP contribution in [0.5, 0.6) is 5.75 Å². The lowest BCUT2D eigenvalue weighted by Gasteiger charge is -2.36. The molecule has 1 aromatic heterocycles. The van der Waals surface area contributed by atoms with Gasteiger partial charge in [-0.1, -0.05) is 12.1 Å². The van der Waals surface area contributed by atoms with Crippen LogP contribution in [0.3, 0.4) is 0 Å². The molecule has 3 N–H and O–H groups in total. The Hall–Kier alpha value is -4.70. The molecule has 5 rings (SSSR count). The van der Waals surface area contributed by atoms with Crippen molar-refractivity contribution in [3.8, 4) is 5.75 Å². The van der Waals surface area contributed by atoms with Crippen molar-refractivity contribution in [1.82, 2.24) is 4.90 Å². The van der Waals surface area contributed by atoms with E-state index in [1.807, 2.05) is 0 Å². The number of aliphatic hydroxyl groups is 1. The molecule has 0 aliphatic carbocycles. The van der Waals surface area contributed by atoms with Crippen LogP contribution in [0.25, 0.3) is 10.1 Å². The summed E-state index contributed by atoms with van der Waals surface area (Å²) in [4.78, 5) is 41.3. The SMILES string of the molecule is COc1ccc(C2CCCN(C(=O)C(C)(C)O)C2)cc1C(=O)Nc1c(C(=O)Nc2ccc(F)c(C(F)(F)F)c2)sc2cc(C(F)(F)F)ccc12. The number of carbonyl (C=O) groups excluding carboxylic acids is 3. The quantitative estimate of drug-likeness (QED) is 0.167. The number of fused-ring (bicyclic) bond motifs is 1. The molecule has 1 saturated heterocycles. The van der Waals surface area contributed by atoms with Crippen molar-refractivity contribution in [2.45, 2.75) is 50.6 Å². The summed E-state index contributed by atoms with van der Waals surface area (Å²) in [5.74, 6) is -4.04. The summed E-state index contributed by atoms with van der Waals surface area (Å²) in [6.07, 6.45) is -8.54. The Labute approximate surface area is 284 Å². The summed E-state index contributed by atoms with van der Waals surface area (Å²) < 4.78 is 99.8. The highest BCUT2D eigenvalue weighted by molar-refractivity contribution is 7.21. The first-order valence-corrected chi connectivity index (χ1v) is 15.9. The van der Waals surface area contributed by atoms with Gasteiger partial charge in [0.2, 0.25) is 0 Å². The molecule has 16 heteroatoms. The highest BCUT2D eigenvalue weighted by Crippen LogP contribution is 2.41. The van der Waals surface area contributed by atoms with E-state index in [2.05, 4.69) is 10.6 Å². The fourth-order valence-electron chi connectivity index (χ4n) is 5.72. The van der Waals surface area contributed by atoms with E-state index in [1.165, 1.54) is 38.0 Å². The van der Waals surface area contributed by atoms with Crippen LogP contribution in [-0.4, -0.2) is 53.5 Å². The van der Waals surface area contributed by atoms with Crippen molar-refractivity contribution in [3.63, 3.8) is 0 Å². The van der Waals surface area contributed by atoms with Crippen molar-refractivity contribution in [2.24, 2.45) is 0 Å². The minimum atomic E-state index is -5.08. The highest BCUT2D eigenvalue weighted by atomic mass is 32.1. The minimum Gasteiger partial charge on any atom is -0.496 e. The van der Waals surface area contributed by atoms with Crippen molar-refractivity contribution < 1.29 is 55.0 Å². The van der Waals surface area contributed by atoms with Crippen LogP contribution in [0, 0.1) is 5.82 Å². The summed E-state index contributed by atoms with van der Waals surface area (Å²) in [6.45, 7) is 3.47. The van der Waals surface area contributed by atoms with Gasteiger partial charge in [-0.2, -0.15) is 26.3 Å². The van der Waals surface area contributed by atoms with E-state index in [9.17, 15) is 50.2 Å². The standard InChI is InChI=1S/C34H30F7N3O5S/c1-32(2,48)31(47)44-12-4-5-18(16-44)17-6-11-25(49-3)22(13-17)29(45)43-27-21-9-7-19(33(36,37)38)14-26(21)50-28(27)30(46)42-20-8-10-24(35)23(15-20)34(39,40)41/h6-11,13-15,18,48H,4-5,12,16H2,1-3H3,(H,42,46)(H,43,45). The van der Waals surface area contributed by atoms with E-state index >= 15 is 0 Å². The second-order valence-electron chi connectivity index (χ2n) is 12.2. The van der Waals surface area contributed by atoms with Crippen LogP contribution >= 0.6 is 11.3 Å². The predicted molar refractivity (Wildman–Crippen MR) is 172 cm³/mol. The van der Waals surface area contributed by atoms with Gasteiger partial charge in [0, 0.05) is 34.8 Å². The van der Waals surface area contributed by atoms with E-state index in [4.69, 9.17) is 4.74 Å². The smallest absolute Gasteiger partial charge is 0.419 e. The van der Waals surface area contributed by atoms with Gasteiger partial charge in [0.1, 0.15) is 22.0 Å². The number of amides is 3. The Morgan fingerprint density at radius 2 is 1.64 bits per heavy atom. The number of carbonyl (C=O) groups is 3. The molecule has 1 atom stereocenters. The summed E-state index contributed by atoms with van der Waals surface area (Å²) in [7, 11) is 1.31. The average Bonchev–Trinajstić information content (AvgIpc) is 3.41. The number of alkyl halides is 6. The van der Waals surface area contributed by atoms with Gasteiger partial charge < -0.3 is 25.4 Å². The summed E-state index contributed by atoms with van der Waals surface area (Å²) in [5.41, 5.74) is -4.29. The Kier molecular flexibility index (Phi) is 9.91. The lowest BCUT2D eigenvalue weighted by Crippen LogP contribution is -2.48. The maximum Gasteiger partial charge on any atom is 0.419 e. The van der Waals surface area contributed by atoms with Gasteiger partial charge in [0.05, 0.1) is 29.5 Å². The summed E-state index contributed by atoms with van der Waals surface area (Å²) in [5, 5.41) is 15.1. The normalized spacial score (nSPS) is 15.6.